The van der Waals surface area contributed by atoms with Gasteiger partial charge in [-0.15, -0.1) is 11.3 Å². The lowest BCUT2D eigenvalue weighted by atomic mass is 9.95. The highest BCUT2D eigenvalue weighted by atomic mass is 32.1. The maximum Gasteiger partial charge on any atom is 0.0672 e. The second-order valence-corrected chi connectivity index (χ2v) is 7.34. The summed E-state index contributed by atoms with van der Waals surface area (Å²) in [5, 5.41) is 12.6. The van der Waals surface area contributed by atoms with E-state index < -0.39 is 0 Å². The van der Waals surface area contributed by atoms with Gasteiger partial charge in [0.25, 0.3) is 0 Å². The summed E-state index contributed by atoms with van der Waals surface area (Å²) in [6.45, 7) is 7.65. The molecule has 1 aromatic rings. The van der Waals surface area contributed by atoms with Crippen molar-refractivity contribution >= 4 is 11.3 Å². The van der Waals surface area contributed by atoms with Gasteiger partial charge in [0, 0.05) is 22.3 Å². The van der Waals surface area contributed by atoms with Crippen LogP contribution in [0.2, 0.25) is 0 Å². The zero-order valence-electron chi connectivity index (χ0n) is 11.5. The van der Waals surface area contributed by atoms with E-state index in [4.69, 9.17) is 5.26 Å². The van der Waals surface area contributed by atoms with Crippen LogP contribution >= 0.6 is 11.3 Å². The average molecular weight is 262 g/mol. The molecule has 0 aliphatic heterocycles. The number of thiophene rings is 1. The van der Waals surface area contributed by atoms with Gasteiger partial charge in [-0.25, -0.2) is 0 Å². The standard InChI is InChI=1S/C15H22N2S/c1-15(2,3)14-8-7-12(18-14)10-17-13-6-4-5-11(13)9-16/h7-8,11,13,17H,4-6,10H2,1-3H3. The fourth-order valence-corrected chi connectivity index (χ4v) is 3.48. The van der Waals surface area contributed by atoms with Crippen molar-refractivity contribution in [3.05, 3.63) is 21.9 Å². The molecule has 0 spiro atoms. The maximum atomic E-state index is 9.06. The van der Waals surface area contributed by atoms with E-state index in [-0.39, 0.29) is 11.3 Å². The molecular formula is C15H22N2S. The van der Waals surface area contributed by atoms with Crippen molar-refractivity contribution in [2.75, 3.05) is 0 Å². The Bertz CT molecular complexity index is 436. The minimum atomic E-state index is 0.215. The molecule has 1 heterocycles. The van der Waals surface area contributed by atoms with E-state index >= 15 is 0 Å². The van der Waals surface area contributed by atoms with Crippen LogP contribution in [0.15, 0.2) is 12.1 Å². The highest BCUT2D eigenvalue weighted by Gasteiger charge is 2.26. The summed E-state index contributed by atoms with van der Waals surface area (Å²) in [6.07, 6.45) is 3.40. The molecule has 0 amide bonds. The largest absolute Gasteiger partial charge is 0.308 e. The smallest absolute Gasteiger partial charge is 0.0672 e. The Morgan fingerprint density at radius 2 is 2.17 bits per heavy atom. The molecule has 0 saturated heterocycles. The molecule has 0 aromatic carbocycles. The van der Waals surface area contributed by atoms with E-state index in [1.807, 2.05) is 11.3 Å². The molecule has 3 heteroatoms. The van der Waals surface area contributed by atoms with E-state index in [2.05, 4.69) is 44.3 Å². The lowest BCUT2D eigenvalue weighted by Gasteiger charge is -2.16. The maximum absolute atomic E-state index is 9.06. The Hall–Kier alpha value is -0.850. The van der Waals surface area contributed by atoms with Crippen LogP contribution in [0.1, 0.15) is 49.8 Å². The van der Waals surface area contributed by atoms with Crippen LogP contribution in [0.3, 0.4) is 0 Å². The van der Waals surface area contributed by atoms with Crippen LogP contribution in [-0.4, -0.2) is 6.04 Å². The summed E-state index contributed by atoms with van der Waals surface area (Å²) >= 11 is 1.89. The zero-order chi connectivity index (χ0) is 13.2. The Labute approximate surface area is 114 Å². The van der Waals surface area contributed by atoms with Crippen LogP contribution in [-0.2, 0) is 12.0 Å². The summed E-state index contributed by atoms with van der Waals surface area (Å²) in [5.74, 6) is 0.215. The molecule has 1 N–H and O–H groups in total. The van der Waals surface area contributed by atoms with Crippen molar-refractivity contribution in [2.45, 2.75) is 58.0 Å². The van der Waals surface area contributed by atoms with E-state index in [0.29, 0.717) is 6.04 Å². The first-order valence-corrected chi connectivity index (χ1v) is 7.54. The normalized spacial score (nSPS) is 24.1. The fourth-order valence-electron chi connectivity index (χ4n) is 2.47. The van der Waals surface area contributed by atoms with E-state index in [9.17, 15) is 0 Å². The lowest BCUT2D eigenvalue weighted by Crippen LogP contribution is -2.30. The van der Waals surface area contributed by atoms with Crippen LogP contribution in [0.4, 0.5) is 0 Å². The molecule has 98 valence electrons. The van der Waals surface area contributed by atoms with E-state index in [0.717, 1.165) is 19.4 Å². The van der Waals surface area contributed by atoms with Crippen molar-refractivity contribution in [3.8, 4) is 6.07 Å². The van der Waals surface area contributed by atoms with Gasteiger partial charge in [0.1, 0.15) is 0 Å². The molecule has 0 radical (unpaired) electrons. The number of rotatable bonds is 3. The molecular weight excluding hydrogens is 240 g/mol. The van der Waals surface area contributed by atoms with Gasteiger partial charge in [-0.1, -0.05) is 27.2 Å². The monoisotopic (exact) mass is 262 g/mol. The molecule has 1 aromatic heterocycles. The highest BCUT2D eigenvalue weighted by molar-refractivity contribution is 7.12. The first-order valence-electron chi connectivity index (χ1n) is 6.73. The molecule has 1 aliphatic rings. The highest BCUT2D eigenvalue weighted by Crippen LogP contribution is 2.30. The van der Waals surface area contributed by atoms with Crippen molar-refractivity contribution in [2.24, 2.45) is 5.92 Å². The Balaban J connectivity index is 1.91. The topological polar surface area (TPSA) is 35.8 Å². The molecule has 18 heavy (non-hydrogen) atoms. The lowest BCUT2D eigenvalue weighted by molar-refractivity contribution is 0.466. The SMILES string of the molecule is CC(C)(C)c1ccc(CNC2CCCC2C#N)s1. The number of hydrogen-bond acceptors (Lipinski definition) is 3. The molecule has 2 unspecified atom stereocenters. The number of hydrogen-bond donors (Lipinski definition) is 1. The predicted molar refractivity (Wildman–Crippen MR) is 76.6 cm³/mol. The summed E-state index contributed by atoms with van der Waals surface area (Å²) in [5.41, 5.74) is 0.242. The molecule has 1 saturated carbocycles. The van der Waals surface area contributed by atoms with Gasteiger partial charge < -0.3 is 5.32 Å². The molecule has 2 atom stereocenters. The Morgan fingerprint density at radius 1 is 1.39 bits per heavy atom. The van der Waals surface area contributed by atoms with Crippen LogP contribution in [0.25, 0.3) is 0 Å². The molecule has 2 nitrogen and oxygen atoms in total. The summed E-state index contributed by atoms with van der Waals surface area (Å²) in [4.78, 5) is 2.81. The minimum Gasteiger partial charge on any atom is -0.308 e. The predicted octanol–water partition coefficient (Wildman–Crippen LogP) is 3.83. The summed E-state index contributed by atoms with van der Waals surface area (Å²) in [6, 6.07) is 7.27. The van der Waals surface area contributed by atoms with Crippen molar-refractivity contribution in [1.29, 1.82) is 5.26 Å². The first kappa shape index (κ1) is 13.6. The molecule has 2 rings (SSSR count). The zero-order valence-corrected chi connectivity index (χ0v) is 12.3. The van der Waals surface area contributed by atoms with E-state index in [1.165, 1.54) is 16.2 Å². The molecule has 0 bridgehead atoms. The second-order valence-electron chi connectivity index (χ2n) is 6.17. The van der Waals surface area contributed by atoms with Gasteiger partial charge >= 0.3 is 0 Å². The van der Waals surface area contributed by atoms with Crippen molar-refractivity contribution in [3.63, 3.8) is 0 Å². The number of nitrogens with one attached hydrogen (secondary N) is 1. The third-order valence-corrected chi connectivity index (χ3v) is 5.13. The average Bonchev–Trinajstić information content (AvgIpc) is 2.94. The van der Waals surface area contributed by atoms with Gasteiger partial charge in [0.15, 0.2) is 0 Å². The van der Waals surface area contributed by atoms with Gasteiger partial charge in [-0.05, 0) is 30.4 Å². The van der Waals surface area contributed by atoms with Crippen LogP contribution in [0, 0.1) is 17.2 Å². The van der Waals surface area contributed by atoms with E-state index in [1.54, 1.807) is 0 Å². The number of nitriles is 1. The summed E-state index contributed by atoms with van der Waals surface area (Å²) < 4.78 is 0. The van der Waals surface area contributed by atoms with Crippen molar-refractivity contribution < 1.29 is 0 Å². The molecule has 1 fully saturated rings. The third kappa shape index (κ3) is 3.13. The fraction of sp³-hybridized carbons (Fsp3) is 0.667. The summed E-state index contributed by atoms with van der Waals surface area (Å²) in [7, 11) is 0. The molecule has 1 aliphatic carbocycles. The third-order valence-electron chi connectivity index (χ3n) is 3.62. The second kappa shape index (κ2) is 5.42. The minimum absolute atomic E-state index is 0.215. The Morgan fingerprint density at radius 3 is 2.78 bits per heavy atom. The van der Waals surface area contributed by atoms with Gasteiger partial charge in [0.2, 0.25) is 0 Å². The van der Waals surface area contributed by atoms with Gasteiger partial charge in [0.05, 0.1) is 12.0 Å². The van der Waals surface area contributed by atoms with Crippen LogP contribution in [0.5, 0.6) is 0 Å². The van der Waals surface area contributed by atoms with Gasteiger partial charge in [-0.3, -0.25) is 0 Å². The first-order chi connectivity index (χ1) is 8.50. The Kier molecular flexibility index (Phi) is 4.09. The quantitative estimate of drug-likeness (QED) is 0.898. The van der Waals surface area contributed by atoms with Crippen molar-refractivity contribution in [1.82, 2.24) is 5.32 Å². The van der Waals surface area contributed by atoms with Crippen LogP contribution < -0.4 is 5.32 Å². The number of nitrogens with zero attached hydrogens (tertiary/aromatic N) is 1. The van der Waals surface area contributed by atoms with Gasteiger partial charge in [-0.2, -0.15) is 5.26 Å².